The van der Waals surface area contributed by atoms with E-state index in [9.17, 15) is 0 Å². The van der Waals surface area contributed by atoms with Crippen molar-refractivity contribution in [2.45, 2.75) is 13.8 Å². The summed E-state index contributed by atoms with van der Waals surface area (Å²) in [4.78, 5) is 2.06. The molecule has 0 aliphatic carbocycles. The molecule has 1 atom stereocenters. The second kappa shape index (κ2) is 4.77. The molecule has 0 amide bonds. The molecule has 0 fully saturated rings. The summed E-state index contributed by atoms with van der Waals surface area (Å²) < 4.78 is 0. The predicted octanol–water partition coefficient (Wildman–Crippen LogP) is 1.52. The fraction of sp³-hybridized carbons (Fsp3) is 0.625. The van der Waals surface area contributed by atoms with Gasteiger partial charge in [0.2, 0.25) is 5.13 Å². The first-order chi connectivity index (χ1) is 6.27. The Morgan fingerprint density at radius 1 is 1.77 bits per heavy atom. The summed E-state index contributed by atoms with van der Waals surface area (Å²) in [5.74, 6) is 0.0313. The number of hydrogen-bond donors (Lipinski definition) is 0. The lowest BCUT2D eigenvalue weighted by Crippen LogP contribution is -2.27. The molecule has 1 unspecified atom stereocenters. The van der Waals surface area contributed by atoms with E-state index in [0.29, 0.717) is 0 Å². The maximum Gasteiger partial charge on any atom is 0.208 e. The summed E-state index contributed by atoms with van der Waals surface area (Å²) in [6.45, 7) is 5.54. The van der Waals surface area contributed by atoms with E-state index >= 15 is 0 Å². The predicted molar refractivity (Wildman–Crippen MR) is 52.6 cm³/mol. The van der Waals surface area contributed by atoms with Crippen molar-refractivity contribution in [3.05, 3.63) is 5.51 Å². The molecule has 1 aromatic heterocycles. The zero-order valence-electron chi connectivity index (χ0n) is 7.77. The lowest BCUT2D eigenvalue weighted by Gasteiger charge is -2.19. The molecule has 0 saturated carbocycles. The molecule has 0 aliphatic heterocycles. The Bertz CT molecular complexity index is 277. The molecule has 0 spiro atoms. The summed E-state index contributed by atoms with van der Waals surface area (Å²) in [6.07, 6.45) is 0. The Hall–Kier alpha value is -1.15. The van der Waals surface area contributed by atoms with E-state index in [-0.39, 0.29) is 5.92 Å². The van der Waals surface area contributed by atoms with Crippen LogP contribution in [0.3, 0.4) is 0 Å². The highest BCUT2D eigenvalue weighted by Gasteiger charge is 2.10. The molecule has 1 rings (SSSR count). The fourth-order valence-corrected chi connectivity index (χ4v) is 1.65. The van der Waals surface area contributed by atoms with Crippen molar-refractivity contribution < 1.29 is 0 Å². The van der Waals surface area contributed by atoms with Gasteiger partial charge >= 0.3 is 0 Å². The third kappa shape index (κ3) is 2.67. The number of anilines is 1. The lowest BCUT2D eigenvalue weighted by molar-refractivity contribution is 0.681. The Kier molecular flexibility index (Phi) is 3.65. The molecule has 0 N–H and O–H groups in total. The van der Waals surface area contributed by atoms with Gasteiger partial charge in [-0.15, -0.1) is 10.2 Å². The van der Waals surface area contributed by atoms with Crippen LogP contribution in [-0.2, 0) is 0 Å². The van der Waals surface area contributed by atoms with Crippen molar-refractivity contribution in [3.8, 4) is 6.07 Å². The molecule has 0 aromatic carbocycles. The first kappa shape index (κ1) is 9.93. The van der Waals surface area contributed by atoms with Gasteiger partial charge in [-0.05, 0) is 13.8 Å². The van der Waals surface area contributed by atoms with Crippen LogP contribution < -0.4 is 4.90 Å². The summed E-state index contributed by atoms with van der Waals surface area (Å²) in [6, 6.07) is 2.21. The van der Waals surface area contributed by atoms with Crippen LogP contribution in [-0.4, -0.2) is 23.3 Å². The molecule has 13 heavy (non-hydrogen) atoms. The molecule has 1 aromatic rings. The SMILES string of the molecule is CCN(CC(C)C#N)c1nncs1. The van der Waals surface area contributed by atoms with Gasteiger partial charge in [0, 0.05) is 13.1 Å². The lowest BCUT2D eigenvalue weighted by atomic mass is 10.2. The average Bonchev–Trinajstić information content (AvgIpc) is 2.66. The summed E-state index contributed by atoms with van der Waals surface area (Å²) in [5.41, 5.74) is 1.70. The average molecular weight is 196 g/mol. The number of nitrogens with zero attached hydrogens (tertiary/aromatic N) is 4. The minimum absolute atomic E-state index is 0.0313. The van der Waals surface area contributed by atoms with E-state index in [1.54, 1.807) is 5.51 Å². The van der Waals surface area contributed by atoms with Crippen molar-refractivity contribution in [1.29, 1.82) is 5.26 Å². The fourth-order valence-electron chi connectivity index (χ4n) is 1.02. The summed E-state index contributed by atoms with van der Waals surface area (Å²) in [5, 5.41) is 17.3. The van der Waals surface area contributed by atoms with Gasteiger partial charge in [0.25, 0.3) is 0 Å². The molecule has 1 heterocycles. The molecule has 4 nitrogen and oxygen atoms in total. The van der Waals surface area contributed by atoms with Gasteiger partial charge in [-0.2, -0.15) is 5.26 Å². The Labute approximate surface area is 81.8 Å². The van der Waals surface area contributed by atoms with Crippen molar-refractivity contribution in [2.24, 2.45) is 5.92 Å². The van der Waals surface area contributed by atoms with Gasteiger partial charge in [-0.1, -0.05) is 11.3 Å². The first-order valence-corrected chi connectivity index (χ1v) is 5.06. The maximum absolute atomic E-state index is 8.67. The van der Waals surface area contributed by atoms with Gasteiger partial charge in [0.1, 0.15) is 5.51 Å². The zero-order valence-corrected chi connectivity index (χ0v) is 8.58. The number of aromatic nitrogens is 2. The molecule has 70 valence electrons. The highest BCUT2D eigenvalue weighted by atomic mass is 32.1. The number of nitriles is 1. The van der Waals surface area contributed by atoms with E-state index in [1.807, 2.05) is 13.8 Å². The highest BCUT2D eigenvalue weighted by Crippen LogP contribution is 2.16. The van der Waals surface area contributed by atoms with Crippen LogP contribution >= 0.6 is 11.3 Å². The van der Waals surface area contributed by atoms with Gasteiger partial charge < -0.3 is 4.90 Å². The zero-order chi connectivity index (χ0) is 9.68. The van der Waals surface area contributed by atoms with Crippen LogP contribution in [0.15, 0.2) is 5.51 Å². The van der Waals surface area contributed by atoms with Crippen molar-refractivity contribution in [3.63, 3.8) is 0 Å². The summed E-state index contributed by atoms with van der Waals surface area (Å²) in [7, 11) is 0. The molecular weight excluding hydrogens is 184 g/mol. The highest BCUT2D eigenvalue weighted by molar-refractivity contribution is 7.13. The Morgan fingerprint density at radius 2 is 2.54 bits per heavy atom. The smallest absolute Gasteiger partial charge is 0.208 e. The molecule has 5 heteroatoms. The minimum atomic E-state index is 0.0313. The van der Waals surface area contributed by atoms with Crippen LogP contribution in [0.4, 0.5) is 5.13 Å². The van der Waals surface area contributed by atoms with Crippen LogP contribution in [0.2, 0.25) is 0 Å². The van der Waals surface area contributed by atoms with E-state index in [1.165, 1.54) is 11.3 Å². The third-order valence-electron chi connectivity index (χ3n) is 1.72. The molecule has 0 radical (unpaired) electrons. The minimum Gasteiger partial charge on any atom is -0.346 e. The topological polar surface area (TPSA) is 52.8 Å². The second-order valence-corrected chi connectivity index (χ2v) is 3.60. The van der Waals surface area contributed by atoms with Gasteiger partial charge in [0.05, 0.1) is 12.0 Å². The van der Waals surface area contributed by atoms with Crippen LogP contribution in [0.1, 0.15) is 13.8 Å². The van der Waals surface area contributed by atoms with E-state index in [4.69, 9.17) is 5.26 Å². The first-order valence-electron chi connectivity index (χ1n) is 4.18. The number of hydrogen-bond acceptors (Lipinski definition) is 5. The van der Waals surface area contributed by atoms with Gasteiger partial charge in [-0.3, -0.25) is 0 Å². The van der Waals surface area contributed by atoms with Gasteiger partial charge in [-0.25, -0.2) is 0 Å². The van der Waals surface area contributed by atoms with Crippen molar-refractivity contribution in [2.75, 3.05) is 18.0 Å². The monoisotopic (exact) mass is 196 g/mol. The standard InChI is InChI=1S/C8H12N4S/c1-3-12(5-7(2)4-9)8-11-10-6-13-8/h6-7H,3,5H2,1-2H3. The third-order valence-corrected chi connectivity index (χ3v) is 2.47. The Morgan fingerprint density at radius 3 is 3.00 bits per heavy atom. The largest absolute Gasteiger partial charge is 0.346 e. The van der Waals surface area contributed by atoms with Crippen molar-refractivity contribution in [1.82, 2.24) is 10.2 Å². The van der Waals surface area contributed by atoms with Crippen molar-refractivity contribution >= 4 is 16.5 Å². The molecule has 0 bridgehead atoms. The number of rotatable bonds is 4. The quantitative estimate of drug-likeness (QED) is 0.732. The van der Waals surface area contributed by atoms with E-state index < -0.39 is 0 Å². The summed E-state index contributed by atoms with van der Waals surface area (Å²) >= 11 is 1.50. The second-order valence-electron chi connectivity index (χ2n) is 2.79. The van der Waals surface area contributed by atoms with Crippen LogP contribution in [0, 0.1) is 17.2 Å². The van der Waals surface area contributed by atoms with Crippen LogP contribution in [0.5, 0.6) is 0 Å². The molecular formula is C8H12N4S. The normalized spacial score (nSPS) is 12.1. The van der Waals surface area contributed by atoms with Gasteiger partial charge in [0.15, 0.2) is 0 Å². The Balaban J connectivity index is 2.60. The maximum atomic E-state index is 8.67. The molecule has 0 saturated heterocycles. The van der Waals surface area contributed by atoms with Crippen LogP contribution in [0.25, 0.3) is 0 Å². The van der Waals surface area contributed by atoms with E-state index in [0.717, 1.165) is 18.2 Å². The molecule has 0 aliphatic rings. The van der Waals surface area contributed by atoms with E-state index in [2.05, 4.69) is 21.2 Å².